The van der Waals surface area contributed by atoms with E-state index in [-0.39, 0.29) is 18.3 Å². The van der Waals surface area contributed by atoms with Crippen molar-refractivity contribution in [1.29, 1.82) is 0 Å². The van der Waals surface area contributed by atoms with Gasteiger partial charge in [-0.2, -0.15) is 4.98 Å². The van der Waals surface area contributed by atoms with Crippen LogP contribution in [0.5, 0.6) is 0 Å². The number of nitrogens with zero attached hydrogens (tertiary/aromatic N) is 5. The van der Waals surface area contributed by atoms with Crippen LogP contribution in [0.1, 0.15) is 25.2 Å². The Bertz CT molecular complexity index is 615. The average Bonchev–Trinajstić information content (AvgIpc) is 2.92. The van der Waals surface area contributed by atoms with Gasteiger partial charge in [0.05, 0.1) is 0 Å². The molecule has 110 valence electrons. The lowest BCUT2D eigenvalue weighted by Crippen LogP contribution is -2.37. The molecular weight excluding hydrogens is 274 g/mol. The number of aliphatic hydroxyl groups is 1. The van der Waals surface area contributed by atoms with Crippen LogP contribution < -0.4 is 0 Å². The molecule has 0 saturated carbocycles. The number of likely N-dealkylation sites (tertiary alicyclic amines) is 1. The van der Waals surface area contributed by atoms with E-state index in [4.69, 9.17) is 4.52 Å². The van der Waals surface area contributed by atoms with Crippen molar-refractivity contribution in [3.8, 4) is 11.6 Å². The van der Waals surface area contributed by atoms with E-state index in [0.717, 1.165) is 12.8 Å². The lowest BCUT2D eigenvalue weighted by atomic mass is 10.2. The molecule has 1 aliphatic rings. The molecule has 8 heteroatoms. The van der Waals surface area contributed by atoms with E-state index in [1.165, 1.54) is 0 Å². The van der Waals surface area contributed by atoms with E-state index in [1.807, 2.05) is 0 Å². The van der Waals surface area contributed by atoms with Crippen molar-refractivity contribution in [2.24, 2.45) is 0 Å². The maximum atomic E-state index is 12.0. The van der Waals surface area contributed by atoms with Gasteiger partial charge >= 0.3 is 0 Å². The molecule has 0 spiro atoms. The van der Waals surface area contributed by atoms with E-state index in [2.05, 4.69) is 20.1 Å². The normalized spacial score (nSPS) is 19.6. The van der Waals surface area contributed by atoms with Crippen molar-refractivity contribution in [1.82, 2.24) is 25.0 Å². The largest absolute Gasteiger partial charge is 0.383 e. The lowest BCUT2D eigenvalue weighted by molar-refractivity contribution is -0.140. The van der Waals surface area contributed by atoms with Gasteiger partial charge in [-0.3, -0.25) is 4.79 Å². The first kappa shape index (κ1) is 13.6. The molecule has 0 radical (unpaired) electrons. The van der Waals surface area contributed by atoms with Gasteiger partial charge in [-0.25, -0.2) is 9.97 Å². The molecule has 3 heterocycles. The molecule has 2 aromatic heterocycles. The van der Waals surface area contributed by atoms with Gasteiger partial charge < -0.3 is 14.5 Å². The van der Waals surface area contributed by atoms with E-state index >= 15 is 0 Å². The highest BCUT2D eigenvalue weighted by atomic mass is 16.5. The third-order valence-corrected chi connectivity index (χ3v) is 3.31. The highest BCUT2D eigenvalue weighted by Gasteiger charge is 2.26. The Morgan fingerprint density at radius 2 is 2.10 bits per heavy atom. The van der Waals surface area contributed by atoms with Crippen LogP contribution in [0.3, 0.4) is 0 Å². The summed E-state index contributed by atoms with van der Waals surface area (Å²) in [5.41, 5.74) is 0. The third-order valence-electron chi connectivity index (χ3n) is 3.31. The standard InChI is InChI=1S/C13H15N5O3/c19-9-4-1-2-7-18(13(9)20)8-10-16-12(17-21-10)11-14-5-3-6-15-11/h3,5-6,9,19H,1-2,4,7-8H2. The van der Waals surface area contributed by atoms with Gasteiger partial charge in [0.1, 0.15) is 12.6 Å². The molecule has 1 N–H and O–H groups in total. The average molecular weight is 289 g/mol. The van der Waals surface area contributed by atoms with Crippen LogP contribution in [0.2, 0.25) is 0 Å². The molecule has 1 unspecified atom stereocenters. The third kappa shape index (κ3) is 3.05. The summed E-state index contributed by atoms with van der Waals surface area (Å²) in [4.78, 5) is 25.8. The van der Waals surface area contributed by atoms with Gasteiger partial charge in [-0.15, -0.1) is 0 Å². The van der Waals surface area contributed by atoms with Crippen LogP contribution in [0.25, 0.3) is 11.6 Å². The first-order chi connectivity index (χ1) is 10.2. The predicted molar refractivity (Wildman–Crippen MR) is 70.6 cm³/mol. The fraction of sp³-hybridized carbons (Fsp3) is 0.462. The summed E-state index contributed by atoms with van der Waals surface area (Å²) in [6.45, 7) is 0.769. The summed E-state index contributed by atoms with van der Waals surface area (Å²) in [6, 6.07) is 1.70. The van der Waals surface area contributed by atoms with Gasteiger partial charge in [0.25, 0.3) is 5.91 Å². The summed E-state index contributed by atoms with van der Waals surface area (Å²) in [6.07, 6.45) is 4.43. The quantitative estimate of drug-likeness (QED) is 0.871. The Morgan fingerprint density at radius 1 is 1.29 bits per heavy atom. The first-order valence-corrected chi connectivity index (χ1v) is 6.81. The van der Waals surface area contributed by atoms with Gasteiger partial charge in [-0.05, 0) is 25.3 Å². The minimum atomic E-state index is -0.938. The minimum absolute atomic E-state index is 0.190. The summed E-state index contributed by atoms with van der Waals surface area (Å²) >= 11 is 0. The first-order valence-electron chi connectivity index (χ1n) is 6.81. The monoisotopic (exact) mass is 289 g/mol. The van der Waals surface area contributed by atoms with Gasteiger partial charge in [0.15, 0.2) is 0 Å². The van der Waals surface area contributed by atoms with E-state index < -0.39 is 6.10 Å². The second kappa shape index (κ2) is 5.96. The zero-order chi connectivity index (χ0) is 14.7. The SMILES string of the molecule is O=C1C(O)CCCCN1Cc1nc(-c2ncccn2)no1. The Labute approximate surface area is 120 Å². The number of rotatable bonds is 3. The second-order valence-electron chi connectivity index (χ2n) is 4.86. The predicted octanol–water partition coefficient (Wildman–Crippen LogP) is 0.400. The molecule has 1 fully saturated rings. The van der Waals surface area contributed by atoms with E-state index in [1.54, 1.807) is 23.4 Å². The molecule has 1 saturated heterocycles. The molecule has 3 rings (SSSR count). The number of aliphatic hydroxyl groups excluding tert-OH is 1. The second-order valence-corrected chi connectivity index (χ2v) is 4.86. The summed E-state index contributed by atoms with van der Waals surface area (Å²) < 4.78 is 5.13. The van der Waals surface area contributed by atoms with Crippen LogP contribution in [0.15, 0.2) is 23.0 Å². The molecule has 0 aliphatic carbocycles. The molecule has 21 heavy (non-hydrogen) atoms. The zero-order valence-electron chi connectivity index (χ0n) is 11.3. The molecule has 2 aromatic rings. The van der Waals surface area contributed by atoms with Gasteiger partial charge in [-0.1, -0.05) is 5.16 Å². The molecule has 1 aliphatic heterocycles. The number of carbonyl (C=O) groups excluding carboxylic acids is 1. The van der Waals surface area contributed by atoms with Gasteiger partial charge in [0.2, 0.25) is 17.5 Å². The van der Waals surface area contributed by atoms with Crippen molar-refractivity contribution in [3.63, 3.8) is 0 Å². The van der Waals surface area contributed by atoms with Crippen molar-refractivity contribution < 1.29 is 14.4 Å². The van der Waals surface area contributed by atoms with Crippen LogP contribution in [-0.2, 0) is 11.3 Å². The van der Waals surface area contributed by atoms with Crippen LogP contribution in [0, 0.1) is 0 Å². The highest BCUT2D eigenvalue weighted by Crippen LogP contribution is 2.16. The minimum Gasteiger partial charge on any atom is -0.383 e. The topological polar surface area (TPSA) is 105 Å². The molecule has 8 nitrogen and oxygen atoms in total. The Hall–Kier alpha value is -2.35. The molecule has 1 atom stereocenters. The summed E-state index contributed by atoms with van der Waals surface area (Å²) in [7, 11) is 0. The molecule has 0 aromatic carbocycles. The van der Waals surface area contributed by atoms with Crippen LogP contribution in [-0.4, -0.2) is 48.7 Å². The van der Waals surface area contributed by atoms with Crippen molar-refractivity contribution in [3.05, 3.63) is 24.4 Å². The number of hydrogen-bond donors (Lipinski definition) is 1. The zero-order valence-corrected chi connectivity index (χ0v) is 11.3. The maximum absolute atomic E-state index is 12.0. The smallest absolute Gasteiger partial charge is 0.251 e. The van der Waals surface area contributed by atoms with E-state index in [0.29, 0.717) is 24.7 Å². The summed E-state index contributed by atoms with van der Waals surface area (Å²) in [5, 5.41) is 13.5. The van der Waals surface area contributed by atoms with Crippen molar-refractivity contribution in [2.75, 3.05) is 6.54 Å². The lowest BCUT2D eigenvalue weighted by Gasteiger charge is -2.19. The molecule has 0 bridgehead atoms. The Kier molecular flexibility index (Phi) is 3.87. The van der Waals surface area contributed by atoms with Crippen molar-refractivity contribution >= 4 is 5.91 Å². The Balaban J connectivity index is 1.73. The number of amides is 1. The fourth-order valence-electron chi connectivity index (χ4n) is 2.23. The molecule has 1 amide bonds. The fourth-order valence-corrected chi connectivity index (χ4v) is 2.23. The number of hydrogen-bond acceptors (Lipinski definition) is 7. The maximum Gasteiger partial charge on any atom is 0.251 e. The van der Waals surface area contributed by atoms with Gasteiger partial charge in [0, 0.05) is 18.9 Å². The van der Waals surface area contributed by atoms with Crippen molar-refractivity contribution in [2.45, 2.75) is 31.9 Å². The Morgan fingerprint density at radius 3 is 2.90 bits per heavy atom. The number of aromatic nitrogens is 4. The summed E-state index contributed by atoms with van der Waals surface area (Å²) in [5.74, 6) is 0.672. The molecular formula is C13H15N5O3. The van der Waals surface area contributed by atoms with E-state index in [9.17, 15) is 9.90 Å². The van der Waals surface area contributed by atoms with Crippen LogP contribution >= 0.6 is 0 Å². The highest BCUT2D eigenvalue weighted by molar-refractivity contribution is 5.80. The van der Waals surface area contributed by atoms with Crippen LogP contribution in [0.4, 0.5) is 0 Å². The number of carbonyl (C=O) groups is 1.